The van der Waals surface area contributed by atoms with E-state index in [1.807, 2.05) is 37.3 Å². The molecular formula is C13H17NO2S. The van der Waals surface area contributed by atoms with Gasteiger partial charge in [-0.3, -0.25) is 4.79 Å². The number of thiocarbonyl (C=S) groups is 1. The zero-order valence-electron chi connectivity index (χ0n) is 10.1. The quantitative estimate of drug-likeness (QED) is 0.645. The van der Waals surface area contributed by atoms with E-state index in [-0.39, 0.29) is 12.0 Å². The van der Waals surface area contributed by atoms with Crippen molar-refractivity contribution in [3.05, 3.63) is 35.9 Å². The Morgan fingerprint density at radius 3 is 2.53 bits per heavy atom. The van der Waals surface area contributed by atoms with Crippen LogP contribution in [0.4, 0.5) is 0 Å². The first-order valence-corrected chi connectivity index (χ1v) is 5.96. The molecule has 3 nitrogen and oxygen atoms in total. The third-order valence-electron chi connectivity index (χ3n) is 2.29. The molecule has 0 radical (unpaired) electrons. The average molecular weight is 251 g/mol. The normalized spacial score (nSPS) is 11.6. The highest BCUT2D eigenvalue weighted by molar-refractivity contribution is 7.80. The Morgan fingerprint density at radius 1 is 1.35 bits per heavy atom. The maximum absolute atomic E-state index is 10.7. The predicted molar refractivity (Wildman–Crippen MR) is 71.8 cm³/mol. The molecule has 0 spiro atoms. The molecule has 17 heavy (non-hydrogen) atoms. The van der Waals surface area contributed by atoms with E-state index < -0.39 is 0 Å². The van der Waals surface area contributed by atoms with Gasteiger partial charge in [0, 0.05) is 13.3 Å². The number of carbonyl (C=O) groups excluding carboxylic acids is 1. The Balaban J connectivity index is 2.61. The Kier molecular flexibility index (Phi) is 5.63. The number of nitrogens with one attached hydrogen (secondary N) is 1. The fourth-order valence-corrected chi connectivity index (χ4v) is 1.72. The number of benzene rings is 1. The van der Waals surface area contributed by atoms with E-state index in [2.05, 4.69) is 5.32 Å². The van der Waals surface area contributed by atoms with E-state index in [1.54, 1.807) is 0 Å². The largest absolute Gasteiger partial charge is 0.466 e. The molecule has 1 N–H and O–H groups in total. The zero-order valence-corrected chi connectivity index (χ0v) is 10.9. The van der Waals surface area contributed by atoms with Gasteiger partial charge in [-0.2, -0.15) is 0 Å². The Morgan fingerprint density at radius 2 is 2.00 bits per heavy atom. The molecule has 0 aliphatic rings. The molecule has 0 amide bonds. The van der Waals surface area contributed by atoms with Gasteiger partial charge in [-0.05, 0) is 12.5 Å². The van der Waals surface area contributed by atoms with Gasteiger partial charge >= 0.3 is 5.97 Å². The van der Waals surface area contributed by atoms with Crippen molar-refractivity contribution in [2.24, 2.45) is 0 Å². The molecule has 1 aromatic rings. The van der Waals surface area contributed by atoms with Gasteiger partial charge in [0.1, 0.15) is 0 Å². The van der Waals surface area contributed by atoms with Crippen LogP contribution in [-0.2, 0) is 9.53 Å². The van der Waals surface area contributed by atoms with Crippen molar-refractivity contribution in [3.8, 4) is 0 Å². The fourth-order valence-electron chi connectivity index (χ4n) is 1.57. The summed E-state index contributed by atoms with van der Waals surface area (Å²) in [7, 11) is 0. The van der Waals surface area contributed by atoms with Crippen LogP contribution in [0.25, 0.3) is 0 Å². The molecule has 0 aromatic heterocycles. The highest BCUT2D eigenvalue weighted by atomic mass is 32.1. The minimum Gasteiger partial charge on any atom is -0.466 e. The molecule has 0 aliphatic heterocycles. The van der Waals surface area contributed by atoms with Crippen LogP contribution in [-0.4, -0.2) is 17.6 Å². The topological polar surface area (TPSA) is 38.3 Å². The molecule has 92 valence electrons. The monoisotopic (exact) mass is 251 g/mol. The second-order valence-corrected chi connectivity index (χ2v) is 4.40. The number of carbonyl (C=O) groups is 1. The van der Waals surface area contributed by atoms with Crippen LogP contribution in [0.3, 0.4) is 0 Å². The maximum atomic E-state index is 10.7. The number of rotatable bonds is 5. The molecule has 0 bridgehead atoms. The van der Waals surface area contributed by atoms with Crippen LogP contribution in [0.5, 0.6) is 0 Å². The fraction of sp³-hybridized carbons (Fsp3) is 0.385. The highest BCUT2D eigenvalue weighted by Gasteiger charge is 2.11. The molecule has 0 saturated heterocycles. The van der Waals surface area contributed by atoms with Gasteiger partial charge in [0.15, 0.2) is 0 Å². The molecule has 1 aromatic carbocycles. The van der Waals surface area contributed by atoms with Crippen LogP contribution >= 0.6 is 12.2 Å². The summed E-state index contributed by atoms with van der Waals surface area (Å²) in [5.74, 6) is -0.254. The summed E-state index contributed by atoms with van der Waals surface area (Å²) in [5.41, 5.74) is 1.14. The average Bonchev–Trinajstić information content (AvgIpc) is 2.28. The van der Waals surface area contributed by atoms with Crippen molar-refractivity contribution in [2.75, 3.05) is 6.61 Å². The van der Waals surface area contributed by atoms with Crippen LogP contribution in [0.1, 0.15) is 31.9 Å². The van der Waals surface area contributed by atoms with Crippen LogP contribution in [0.2, 0.25) is 0 Å². The van der Waals surface area contributed by atoms with Crippen molar-refractivity contribution in [2.45, 2.75) is 26.3 Å². The molecule has 0 saturated carbocycles. The van der Waals surface area contributed by atoms with Crippen molar-refractivity contribution in [3.63, 3.8) is 0 Å². The first kappa shape index (κ1) is 13.6. The maximum Gasteiger partial charge on any atom is 0.302 e. The smallest absolute Gasteiger partial charge is 0.302 e. The highest BCUT2D eigenvalue weighted by Crippen LogP contribution is 2.16. The summed E-state index contributed by atoms with van der Waals surface area (Å²) in [6.07, 6.45) is 0.706. The molecule has 1 atom stereocenters. The van der Waals surface area contributed by atoms with Crippen LogP contribution in [0, 0.1) is 0 Å². The van der Waals surface area contributed by atoms with Crippen molar-refractivity contribution < 1.29 is 9.53 Å². The SMILES string of the molecule is CC(=O)OCCC(NC(C)=S)c1ccccc1. The van der Waals surface area contributed by atoms with Gasteiger partial charge in [0.25, 0.3) is 0 Å². The minimum atomic E-state index is -0.254. The standard InChI is InChI=1S/C13H17NO2S/c1-10(17)14-13(8-9-16-11(2)15)12-6-4-3-5-7-12/h3-7,13H,8-9H2,1-2H3,(H,14,17). The molecule has 0 fully saturated rings. The van der Waals surface area contributed by atoms with Crippen molar-refractivity contribution in [1.82, 2.24) is 5.32 Å². The molecular weight excluding hydrogens is 234 g/mol. The third kappa shape index (κ3) is 5.45. The summed E-state index contributed by atoms with van der Waals surface area (Å²) < 4.78 is 4.95. The van der Waals surface area contributed by atoms with Gasteiger partial charge < -0.3 is 10.1 Å². The second-order valence-electron chi connectivity index (χ2n) is 3.79. The summed E-state index contributed by atoms with van der Waals surface area (Å²) in [6, 6.07) is 10.1. The lowest BCUT2D eigenvalue weighted by atomic mass is 10.0. The Hall–Kier alpha value is -1.42. The van der Waals surface area contributed by atoms with E-state index in [4.69, 9.17) is 17.0 Å². The van der Waals surface area contributed by atoms with E-state index in [0.717, 1.165) is 10.6 Å². The Labute approximate surface area is 107 Å². The lowest BCUT2D eigenvalue weighted by Crippen LogP contribution is -2.26. The molecule has 1 rings (SSSR count). The van der Waals surface area contributed by atoms with E-state index >= 15 is 0 Å². The molecule has 4 heteroatoms. The second kappa shape index (κ2) is 7.01. The lowest BCUT2D eigenvalue weighted by Gasteiger charge is -2.19. The van der Waals surface area contributed by atoms with E-state index in [1.165, 1.54) is 6.92 Å². The van der Waals surface area contributed by atoms with E-state index in [0.29, 0.717) is 13.0 Å². The summed E-state index contributed by atoms with van der Waals surface area (Å²) in [6.45, 7) is 3.65. The summed E-state index contributed by atoms with van der Waals surface area (Å²) in [4.78, 5) is 11.5. The zero-order chi connectivity index (χ0) is 12.7. The number of ether oxygens (including phenoxy) is 1. The number of esters is 1. The molecule has 0 heterocycles. The number of hydrogen-bond acceptors (Lipinski definition) is 3. The minimum absolute atomic E-state index is 0.0908. The summed E-state index contributed by atoms with van der Waals surface area (Å²) >= 11 is 5.05. The Bertz CT molecular complexity index is 378. The van der Waals surface area contributed by atoms with Gasteiger partial charge in [0.2, 0.25) is 0 Å². The molecule has 0 aliphatic carbocycles. The van der Waals surface area contributed by atoms with Crippen LogP contribution < -0.4 is 5.32 Å². The van der Waals surface area contributed by atoms with Gasteiger partial charge in [0.05, 0.1) is 17.6 Å². The molecule has 1 unspecified atom stereocenters. The third-order valence-corrected chi connectivity index (χ3v) is 2.41. The first-order chi connectivity index (χ1) is 8.09. The predicted octanol–water partition coefficient (Wildman–Crippen LogP) is 2.62. The first-order valence-electron chi connectivity index (χ1n) is 5.55. The van der Waals surface area contributed by atoms with Crippen LogP contribution in [0.15, 0.2) is 30.3 Å². The van der Waals surface area contributed by atoms with Crippen molar-refractivity contribution >= 4 is 23.2 Å². The lowest BCUT2D eigenvalue weighted by molar-refractivity contribution is -0.141. The van der Waals surface area contributed by atoms with Gasteiger partial charge in [-0.1, -0.05) is 42.5 Å². The summed E-state index contributed by atoms with van der Waals surface area (Å²) in [5, 5.41) is 3.21. The van der Waals surface area contributed by atoms with Crippen molar-refractivity contribution in [1.29, 1.82) is 0 Å². The number of hydrogen-bond donors (Lipinski definition) is 1. The van der Waals surface area contributed by atoms with Gasteiger partial charge in [-0.15, -0.1) is 0 Å². The van der Waals surface area contributed by atoms with E-state index in [9.17, 15) is 4.79 Å². The van der Waals surface area contributed by atoms with Gasteiger partial charge in [-0.25, -0.2) is 0 Å².